The lowest BCUT2D eigenvalue weighted by Gasteiger charge is -2.10. The van der Waals surface area contributed by atoms with Crippen LogP contribution >= 0.6 is 11.6 Å². The third kappa shape index (κ3) is 5.95. The molecule has 2 N–H and O–H groups in total. The van der Waals surface area contributed by atoms with Crippen LogP contribution < -0.4 is 14.8 Å². The van der Waals surface area contributed by atoms with Crippen molar-refractivity contribution in [2.75, 3.05) is 11.9 Å². The Bertz CT molecular complexity index is 958. The van der Waals surface area contributed by atoms with Crippen LogP contribution in [0.15, 0.2) is 47.4 Å². The van der Waals surface area contributed by atoms with Gasteiger partial charge in [-0.1, -0.05) is 17.7 Å². The van der Waals surface area contributed by atoms with Crippen LogP contribution in [-0.4, -0.2) is 27.0 Å². The molecule has 1 aliphatic carbocycles. The van der Waals surface area contributed by atoms with Gasteiger partial charge >= 0.3 is 0 Å². The summed E-state index contributed by atoms with van der Waals surface area (Å²) in [6.07, 6.45) is 2.54. The highest BCUT2D eigenvalue weighted by Gasteiger charge is 2.28. The minimum Gasteiger partial charge on any atom is -0.493 e. The monoisotopic (exact) mass is 422 g/mol. The first-order chi connectivity index (χ1) is 13.3. The number of hydrogen-bond acceptors (Lipinski definition) is 4. The van der Waals surface area contributed by atoms with Gasteiger partial charge in [-0.25, -0.2) is 13.1 Å². The zero-order valence-electron chi connectivity index (χ0n) is 15.6. The molecule has 1 fully saturated rings. The third-order valence-corrected chi connectivity index (χ3v) is 6.02. The van der Waals surface area contributed by atoms with Crippen molar-refractivity contribution < 1.29 is 17.9 Å². The van der Waals surface area contributed by atoms with E-state index in [9.17, 15) is 13.2 Å². The van der Waals surface area contributed by atoms with Crippen LogP contribution in [-0.2, 0) is 14.8 Å². The number of anilines is 1. The fourth-order valence-electron chi connectivity index (χ4n) is 2.64. The van der Waals surface area contributed by atoms with E-state index in [1.807, 2.05) is 13.0 Å². The van der Waals surface area contributed by atoms with Crippen molar-refractivity contribution in [3.05, 3.63) is 53.1 Å². The van der Waals surface area contributed by atoms with Crippen molar-refractivity contribution in [1.29, 1.82) is 0 Å². The fourth-order valence-corrected chi connectivity index (χ4v) is 4.22. The van der Waals surface area contributed by atoms with E-state index >= 15 is 0 Å². The molecule has 0 aromatic heterocycles. The molecule has 1 amide bonds. The molecule has 28 heavy (non-hydrogen) atoms. The quantitative estimate of drug-likeness (QED) is 0.600. The van der Waals surface area contributed by atoms with Gasteiger partial charge < -0.3 is 10.1 Å². The molecular formula is C20H23ClN2O4S. The van der Waals surface area contributed by atoms with Crippen LogP contribution in [0.25, 0.3) is 0 Å². The van der Waals surface area contributed by atoms with Crippen LogP contribution in [0.3, 0.4) is 0 Å². The van der Waals surface area contributed by atoms with Gasteiger partial charge in [0.05, 0.1) is 11.5 Å². The van der Waals surface area contributed by atoms with Gasteiger partial charge in [0, 0.05) is 23.2 Å². The van der Waals surface area contributed by atoms with Crippen LogP contribution in [0, 0.1) is 6.92 Å². The maximum atomic E-state index is 12.3. The van der Waals surface area contributed by atoms with Gasteiger partial charge in [-0.3, -0.25) is 4.79 Å². The van der Waals surface area contributed by atoms with Crippen LogP contribution in [0.2, 0.25) is 5.02 Å². The van der Waals surface area contributed by atoms with E-state index < -0.39 is 10.0 Å². The molecule has 8 heteroatoms. The molecule has 1 saturated carbocycles. The standard InChI is InChI=1S/C20H23ClN2O4S/c1-14-12-15(21)7-10-19(14)27-11-3-6-20(24)22-17-4-2-5-18(13-17)28(25,26)23-16-8-9-16/h2,4-5,7,10,12-13,16,23H,3,6,8-9,11H2,1H3,(H,22,24). The molecule has 150 valence electrons. The average molecular weight is 423 g/mol. The number of nitrogens with one attached hydrogen (secondary N) is 2. The number of halogens is 1. The molecule has 2 aromatic carbocycles. The van der Waals surface area contributed by atoms with Gasteiger partial charge in [-0.15, -0.1) is 0 Å². The number of carbonyl (C=O) groups is 1. The molecule has 6 nitrogen and oxygen atoms in total. The molecule has 1 aliphatic rings. The van der Waals surface area contributed by atoms with Gasteiger partial charge in [-0.05, 0) is 68.1 Å². The number of hydrogen-bond donors (Lipinski definition) is 2. The minimum absolute atomic E-state index is 0.0347. The van der Waals surface area contributed by atoms with Gasteiger partial charge in [0.15, 0.2) is 0 Å². The first-order valence-corrected chi connectivity index (χ1v) is 11.0. The van der Waals surface area contributed by atoms with Gasteiger partial charge in [0.2, 0.25) is 15.9 Å². The van der Waals surface area contributed by atoms with E-state index in [-0.39, 0.29) is 23.3 Å². The maximum Gasteiger partial charge on any atom is 0.240 e. The highest BCUT2D eigenvalue weighted by atomic mass is 35.5. The van der Waals surface area contributed by atoms with Gasteiger partial charge in [0.25, 0.3) is 0 Å². The zero-order valence-corrected chi connectivity index (χ0v) is 17.1. The highest BCUT2D eigenvalue weighted by Crippen LogP contribution is 2.24. The molecule has 0 radical (unpaired) electrons. The Kier molecular flexibility index (Phi) is 6.59. The van der Waals surface area contributed by atoms with Crippen LogP contribution in [0.1, 0.15) is 31.2 Å². The lowest BCUT2D eigenvalue weighted by Crippen LogP contribution is -2.25. The first kappa shape index (κ1) is 20.6. The Hall–Kier alpha value is -2.09. The smallest absolute Gasteiger partial charge is 0.240 e. The summed E-state index contributed by atoms with van der Waals surface area (Å²) in [6.45, 7) is 2.31. The molecule has 0 atom stereocenters. The predicted molar refractivity (Wildman–Crippen MR) is 109 cm³/mol. The van der Waals surface area contributed by atoms with E-state index in [0.717, 1.165) is 24.2 Å². The molecule has 0 aliphatic heterocycles. The summed E-state index contributed by atoms with van der Waals surface area (Å²) >= 11 is 5.91. The summed E-state index contributed by atoms with van der Waals surface area (Å²) in [5.41, 5.74) is 1.40. The van der Waals surface area contributed by atoms with Gasteiger partial charge in [-0.2, -0.15) is 0 Å². The lowest BCUT2D eigenvalue weighted by atomic mass is 10.2. The van der Waals surface area contributed by atoms with E-state index in [2.05, 4.69) is 10.0 Å². The number of ether oxygens (including phenoxy) is 1. The Morgan fingerprint density at radius 1 is 1.21 bits per heavy atom. The SMILES string of the molecule is Cc1cc(Cl)ccc1OCCCC(=O)Nc1cccc(S(=O)(=O)NC2CC2)c1. The zero-order chi connectivity index (χ0) is 20.1. The van der Waals surface area contributed by atoms with Crippen molar-refractivity contribution >= 4 is 33.2 Å². The van der Waals surface area contributed by atoms with Crippen molar-refractivity contribution in [3.8, 4) is 5.75 Å². The Balaban J connectivity index is 1.47. The predicted octanol–water partition coefficient (Wildman–Crippen LogP) is 3.89. The number of sulfonamides is 1. The van der Waals surface area contributed by atoms with Crippen molar-refractivity contribution in [3.63, 3.8) is 0 Å². The number of carbonyl (C=O) groups excluding carboxylic acids is 1. The summed E-state index contributed by atoms with van der Waals surface area (Å²) in [5.74, 6) is 0.548. The summed E-state index contributed by atoms with van der Waals surface area (Å²) in [4.78, 5) is 12.3. The number of aryl methyl sites for hydroxylation is 1. The van der Waals surface area contributed by atoms with E-state index in [1.165, 1.54) is 12.1 Å². The Morgan fingerprint density at radius 3 is 2.71 bits per heavy atom. The van der Waals surface area contributed by atoms with E-state index in [0.29, 0.717) is 23.7 Å². The second-order valence-corrected chi connectivity index (χ2v) is 8.98. The maximum absolute atomic E-state index is 12.3. The number of rotatable bonds is 9. The topological polar surface area (TPSA) is 84.5 Å². The fraction of sp³-hybridized carbons (Fsp3) is 0.350. The van der Waals surface area contributed by atoms with Crippen molar-refractivity contribution in [1.82, 2.24) is 4.72 Å². The molecule has 0 unspecified atom stereocenters. The highest BCUT2D eigenvalue weighted by molar-refractivity contribution is 7.89. The molecule has 0 spiro atoms. The minimum atomic E-state index is -3.54. The van der Waals surface area contributed by atoms with Crippen LogP contribution in [0.5, 0.6) is 5.75 Å². The molecule has 0 bridgehead atoms. The van der Waals surface area contributed by atoms with E-state index in [4.69, 9.17) is 16.3 Å². The summed E-state index contributed by atoms with van der Waals surface area (Å²) < 4.78 is 32.8. The first-order valence-electron chi connectivity index (χ1n) is 9.15. The van der Waals surface area contributed by atoms with Gasteiger partial charge in [0.1, 0.15) is 5.75 Å². The Morgan fingerprint density at radius 2 is 2.00 bits per heavy atom. The van der Waals surface area contributed by atoms with Crippen molar-refractivity contribution in [2.45, 2.75) is 43.5 Å². The number of benzene rings is 2. The second kappa shape index (κ2) is 8.94. The lowest BCUT2D eigenvalue weighted by molar-refractivity contribution is -0.116. The molecular weight excluding hydrogens is 400 g/mol. The molecule has 3 rings (SSSR count). The normalized spacial score (nSPS) is 13.9. The molecule has 0 saturated heterocycles. The third-order valence-electron chi connectivity index (χ3n) is 4.27. The second-order valence-electron chi connectivity index (χ2n) is 6.83. The van der Waals surface area contributed by atoms with Crippen LogP contribution in [0.4, 0.5) is 5.69 Å². The summed E-state index contributed by atoms with van der Waals surface area (Å²) in [6, 6.07) is 11.7. The number of amides is 1. The summed E-state index contributed by atoms with van der Waals surface area (Å²) in [7, 11) is -3.54. The van der Waals surface area contributed by atoms with E-state index in [1.54, 1.807) is 24.3 Å². The average Bonchev–Trinajstić information content (AvgIpc) is 3.44. The molecule has 0 heterocycles. The summed E-state index contributed by atoms with van der Waals surface area (Å²) in [5, 5.41) is 3.39. The largest absolute Gasteiger partial charge is 0.493 e. The van der Waals surface area contributed by atoms with Crippen molar-refractivity contribution in [2.24, 2.45) is 0 Å². The molecule has 2 aromatic rings. The Labute approximate surface area is 170 Å².